The summed E-state index contributed by atoms with van der Waals surface area (Å²) in [6.07, 6.45) is 5.93. The molecule has 0 amide bonds. The molecule has 10 heteroatoms. The number of rotatable bonds is 19. The Hall–Kier alpha value is -0.990. The number of hydrogen-bond acceptors (Lipinski definition) is 8. The molecule has 0 heterocycles. The minimum Gasteiger partial charge on any atom is -0.756 e. The van der Waals surface area contributed by atoms with E-state index in [9.17, 15) is 19.0 Å². The Kier molecular flexibility index (Phi) is 16.1. The predicted molar refractivity (Wildman–Crippen MR) is 116 cm³/mol. The smallest absolute Gasteiger partial charge is 0.306 e. The Morgan fingerprint density at radius 1 is 0.871 bits per heavy atom. The van der Waals surface area contributed by atoms with Crippen molar-refractivity contribution in [1.29, 1.82) is 0 Å². The van der Waals surface area contributed by atoms with Gasteiger partial charge in [-0.2, -0.15) is 0 Å². The molecule has 2 unspecified atom stereocenters. The fourth-order valence-electron chi connectivity index (χ4n) is 2.45. The molecule has 0 saturated heterocycles. The third-order valence-corrected chi connectivity index (χ3v) is 5.34. The molecule has 0 spiro atoms. The molecule has 0 aliphatic heterocycles. The highest BCUT2D eigenvalue weighted by Gasteiger charge is 2.21. The molecule has 0 fully saturated rings. The summed E-state index contributed by atoms with van der Waals surface area (Å²) in [5, 5.41) is 0. The topological polar surface area (TPSA) is 111 Å². The van der Waals surface area contributed by atoms with Gasteiger partial charge in [-0.15, -0.1) is 0 Å². The van der Waals surface area contributed by atoms with Crippen LogP contribution in [-0.2, 0) is 32.7 Å². The first kappa shape index (κ1) is 30.0. The van der Waals surface area contributed by atoms with Crippen molar-refractivity contribution >= 4 is 19.8 Å². The van der Waals surface area contributed by atoms with E-state index < -0.39 is 32.5 Å². The standard InChI is InChI=1S/C21H42NO8P/c1-6-8-10-11-12-14-20(23)27-17-19(30-21(24)13-9-7-2)18-29-31(25,26)28-16-15-22(3,4)5/h19H,6-18H2,1-5H3. The SMILES string of the molecule is CCCCCCCC(=O)OCC(COP(=O)([O-])OCC[N+](C)(C)C)OC(=O)CCCC. The minimum absolute atomic E-state index is 0.0295. The first-order valence-corrected chi connectivity index (χ1v) is 12.7. The summed E-state index contributed by atoms with van der Waals surface area (Å²) < 4.78 is 32.7. The predicted octanol–water partition coefficient (Wildman–Crippen LogP) is 3.20. The van der Waals surface area contributed by atoms with Gasteiger partial charge < -0.3 is 27.9 Å². The number of ether oxygens (including phenoxy) is 2. The van der Waals surface area contributed by atoms with Gasteiger partial charge in [-0.25, -0.2) is 0 Å². The summed E-state index contributed by atoms with van der Waals surface area (Å²) in [7, 11) is 1.16. The highest BCUT2D eigenvalue weighted by Crippen LogP contribution is 2.38. The highest BCUT2D eigenvalue weighted by molar-refractivity contribution is 7.45. The lowest BCUT2D eigenvalue weighted by atomic mass is 10.1. The second kappa shape index (κ2) is 16.6. The highest BCUT2D eigenvalue weighted by atomic mass is 31.2. The molecule has 0 aromatic carbocycles. The zero-order valence-electron chi connectivity index (χ0n) is 19.9. The molecular formula is C21H42NO8P. The molecule has 0 aliphatic carbocycles. The quantitative estimate of drug-likeness (QED) is 0.123. The second-order valence-electron chi connectivity index (χ2n) is 8.65. The van der Waals surface area contributed by atoms with Crippen molar-refractivity contribution in [3.8, 4) is 0 Å². The van der Waals surface area contributed by atoms with E-state index in [4.69, 9.17) is 18.5 Å². The lowest BCUT2D eigenvalue weighted by Gasteiger charge is -2.28. The van der Waals surface area contributed by atoms with Crippen LogP contribution in [0.1, 0.15) is 71.6 Å². The molecule has 2 atom stereocenters. The zero-order valence-corrected chi connectivity index (χ0v) is 20.8. The van der Waals surface area contributed by atoms with Gasteiger partial charge in [0.15, 0.2) is 6.10 Å². The maximum atomic E-state index is 12.0. The van der Waals surface area contributed by atoms with Crippen LogP contribution in [-0.4, -0.2) is 70.0 Å². The number of esters is 2. The molecular weight excluding hydrogens is 425 g/mol. The molecule has 9 nitrogen and oxygen atoms in total. The molecule has 0 aliphatic rings. The molecule has 0 radical (unpaired) electrons. The van der Waals surface area contributed by atoms with Crippen LogP contribution in [0.15, 0.2) is 0 Å². The number of carbonyl (C=O) groups excluding carboxylic acids is 2. The number of carbonyl (C=O) groups is 2. The van der Waals surface area contributed by atoms with E-state index in [0.29, 0.717) is 17.4 Å². The van der Waals surface area contributed by atoms with Gasteiger partial charge in [-0.1, -0.05) is 46.0 Å². The van der Waals surface area contributed by atoms with Gasteiger partial charge in [0, 0.05) is 12.8 Å². The monoisotopic (exact) mass is 467 g/mol. The van der Waals surface area contributed by atoms with E-state index in [1.165, 1.54) is 0 Å². The van der Waals surface area contributed by atoms with Crippen LogP contribution < -0.4 is 4.89 Å². The lowest BCUT2D eigenvalue weighted by Crippen LogP contribution is -2.37. The van der Waals surface area contributed by atoms with Crippen molar-refractivity contribution in [1.82, 2.24) is 0 Å². The van der Waals surface area contributed by atoms with E-state index in [2.05, 4.69) is 6.92 Å². The Bertz CT molecular complexity index is 550. The van der Waals surface area contributed by atoms with E-state index in [1.807, 2.05) is 28.1 Å². The number of nitrogens with zero attached hydrogens (tertiary/aromatic N) is 1. The Balaban J connectivity index is 4.56. The van der Waals surface area contributed by atoms with Crippen molar-refractivity contribution in [3.63, 3.8) is 0 Å². The summed E-state index contributed by atoms with van der Waals surface area (Å²) in [6, 6.07) is 0. The van der Waals surface area contributed by atoms with Crippen molar-refractivity contribution in [2.75, 3.05) is 47.5 Å². The zero-order chi connectivity index (χ0) is 23.8. The van der Waals surface area contributed by atoms with Crippen molar-refractivity contribution in [2.24, 2.45) is 0 Å². The van der Waals surface area contributed by atoms with Gasteiger partial charge in [0.25, 0.3) is 7.82 Å². The Morgan fingerprint density at radius 3 is 2.10 bits per heavy atom. The van der Waals surface area contributed by atoms with Crippen LogP contribution >= 0.6 is 7.82 Å². The number of hydrogen-bond donors (Lipinski definition) is 0. The number of likely N-dealkylation sites (N-methyl/N-ethyl adjacent to an activating group) is 1. The van der Waals surface area contributed by atoms with Crippen LogP contribution in [0.2, 0.25) is 0 Å². The van der Waals surface area contributed by atoms with Crippen LogP contribution in [0.25, 0.3) is 0 Å². The summed E-state index contributed by atoms with van der Waals surface area (Å²) in [6.45, 7) is 3.78. The van der Waals surface area contributed by atoms with Gasteiger partial charge >= 0.3 is 11.9 Å². The maximum Gasteiger partial charge on any atom is 0.306 e. The fourth-order valence-corrected chi connectivity index (χ4v) is 3.18. The Morgan fingerprint density at radius 2 is 1.48 bits per heavy atom. The minimum atomic E-state index is -4.56. The molecule has 0 saturated carbocycles. The van der Waals surface area contributed by atoms with Crippen molar-refractivity contribution in [2.45, 2.75) is 77.7 Å². The molecule has 0 rings (SSSR count). The normalized spacial score (nSPS) is 14.6. The second-order valence-corrected chi connectivity index (χ2v) is 10.1. The van der Waals surface area contributed by atoms with Crippen LogP contribution in [0.3, 0.4) is 0 Å². The van der Waals surface area contributed by atoms with Gasteiger partial charge in [-0.05, 0) is 12.8 Å². The van der Waals surface area contributed by atoms with E-state index in [0.717, 1.165) is 38.5 Å². The number of quaternary nitrogens is 1. The summed E-state index contributed by atoms with van der Waals surface area (Å²) in [4.78, 5) is 35.8. The summed E-state index contributed by atoms with van der Waals surface area (Å²) >= 11 is 0. The van der Waals surface area contributed by atoms with E-state index >= 15 is 0 Å². The van der Waals surface area contributed by atoms with Crippen LogP contribution in [0.5, 0.6) is 0 Å². The van der Waals surface area contributed by atoms with Crippen LogP contribution in [0, 0.1) is 0 Å². The molecule has 0 bridgehead atoms. The van der Waals surface area contributed by atoms with Gasteiger partial charge in [0.1, 0.15) is 19.8 Å². The first-order chi connectivity index (χ1) is 14.5. The average Bonchev–Trinajstić information content (AvgIpc) is 2.67. The average molecular weight is 468 g/mol. The maximum absolute atomic E-state index is 12.0. The third kappa shape index (κ3) is 19.4. The molecule has 0 aromatic heterocycles. The number of unbranched alkanes of at least 4 members (excludes halogenated alkanes) is 5. The van der Waals surface area contributed by atoms with Gasteiger partial charge in [0.05, 0.1) is 27.7 Å². The fraction of sp³-hybridized carbons (Fsp3) is 0.905. The number of phosphoric ester groups is 1. The molecule has 31 heavy (non-hydrogen) atoms. The lowest BCUT2D eigenvalue weighted by molar-refractivity contribution is -0.870. The largest absolute Gasteiger partial charge is 0.756 e. The Labute approximate surface area is 187 Å². The molecule has 184 valence electrons. The summed E-state index contributed by atoms with van der Waals surface area (Å²) in [5.74, 6) is -0.895. The van der Waals surface area contributed by atoms with Crippen molar-refractivity contribution < 1.29 is 42.1 Å². The molecule has 0 N–H and O–H groups in total. The number of phosphoric acid groups is 1. The van der Waals surface area contributed by atoms with Crippen LogP contribution in [0.4, 0.5) is 0 Å². The third-order valence-electron chi connectivity index (χ3n) is 4.38. The molecule has 0 aromatic rings. The van der Waals surface area contributed by atoms with Crippen molar-refractivity contribution in [3.05, 3.63) is 0 Å². The van der Waals surface area contributed by atoms with Gasteiger partial charge in [-0.3, -0.25) is 14.2 Å². The van der Waals surface area contributed by atoms with E-state index in [1.54, 1.807) is 0 Å². The van der Waals surface area contributed by atoms with E-state index in [-0.39, 0.29) is 26.1 Å². The summed E-state index contributed by atoms with van der Waals surface area (Å²) in [5.41, 5.74) is 0. The first-order valence-electron chi connectivity index (χ1n) is 11.2. The van der Waals surface area contributed by atoms with Gasteiger partial charge in [0.2, 0.25) is 0 Å².